The highest BCUT2D eigenvalue weighted by Crippen LogP contribution is 2.32. The molecule has 0 aliphatic heterocycles. The number of thiazole rings is 1. The van der Waals surface area contributed by atoms with Crippen molar-refractivity contribution in [2.75, 3.05) is 10.6 Å². The van der Waals surface area contributed by atoms with E-state index in [0.717, 1.165) is 75.2 Å². The van der Waals surface area contributed by atoms with Gasteiger partial charge in [0, 0.05) is 42.9 Å². The molecule has 1 aromatic carbocycles. The highest BCUT2D eigenvalue weighted by atomic mass is 32.1. The summed E-state index contributed by atoms with van der Waals surface area (Å²) in [6, 6.07) is 14.8. The van der Waals surface area contributed by atoms with Crippen LogP contribution in [0.3, 0.4) is 0 Å². The number of rotatable bonds is 7. The van der Waals surface area contributed by atoms with Crippen LogP contribution in [0.5, 0.6) is 0 Å². The third-order valence-corrected chi connectivity index (χ3v) is 7.76. The normalized spacial score (nSPS) is 17.7. The lowest BCUT2D eigenvalue weighted by Crippen LogP contribution is -2.28. The van der Waals surface area contributed by atoms with E-state index in [2.05, 4.69) is 61.6 Å². The molecule has 4 heterocycles. The summed E-state index contributed by atoms with van der Waals surface area (Å²) in [7, 11) is 0. The van der Waals surface area contributed by atoms with Gasteiger partial charge >= 0.3 is 0 Å². The highest BCUT2D eigenvalue weighted by molar-refractivity contribution is 7.22. The average Bonchev–Trinajstić information content (AvgIpc) is 3.50. The molecule has 0 saturated heterocycles. The zero-order valence-electron chi connectivity index (χ0n) is 20.6. The molecule has 0 bridgehead atoms. The molecular formula is C28H29N7OS. The number of aliphatic hydroxyl groups excluding tert-OH is 1. The van der Waals surface area contributed by atoms with E-state index in [4.69, 9.17) is 9.97 Å². The number of anilines is 3. The van der Waals surface area contributed by atoms with Crippen molar-refractivity contribution in [3.63, 3.8) is 0 Å². The van der Waals surface area contributed by atoms with Gasteiger partial charge in [-0.25, -0.2) is 15.0 Å². The van der Waals surface area contributed by atoms with Crippen molar-refractivity contribution < 1.29 is 5.11 Å². The van der Waals surface area contributed by atoms with Crippen molar-refractivity contribution in [3.8, 4) is 11.1 Å². The van der Waals surface area contributed by atoms with Crippen molar-refractivity contribution in [3.05, 3.63) is 78.6 Å². The van der Waals surface area contributed by atoms with Crippen LogP contribution in [0.4, 0.5) is 16.8 Å². The van der Waals surface area contributed by atoms with Crippen LogP contribution in [0.25, 0.3) is 21.3 Å². The zero-order chi connectivity index (χ0) is 25.2. The number of hydrogen-bond donors (Lipinski definition) is 3. The Morgan fingerprint density at radius 2 is 1.86 bits per heavy atom. The fourth-order valence-electron chi connectivity index (χ4n) is 4.81. The Hall–Kier alpha value is -3.82. The van der Waals surface area contributed by atoms with Crippen LogP contribution in [0.1, 0.15) is 37.1 Å². The van der Waals surface area contributed by atoms with Crippen LogP contribution in [-0.2, 0) is 6.54 Å². The van der Waals surface area contributed by atoms with E-state index in [-0.39, 0.29) is 6.10 Å². The minimum absolute atomic E-state index is 0.184. The maximum Gasteiger partial charge on any atom is 0.189 e. The molecule has 0 unspecified atom stereocenters. The molecule has 8 nitrogen and oxygen atoms in total. The van der Waals surface area contributed by atoms with Gasteiger partial charge in [-0.05, 0) is 74.1 Å². The van der Waals surface area contributed by atoms with E-state index in [1.165, 1.54) is 0 Å². The monoisotopic (exact) mass is 511 g/mol. The quantitative estimate of drug-likeness (QED) is 0.255. The van der Waals surface area contributed by atoms with E-state index < -0.39 is 0 Å². The highest BCUT2D eigenvalue weighted by Gasteiger charge is 2.20. The first kappa shape index (κ1) is 23.6. The van der Waals surface area contributed by atoms with Gasteiger partial charge in [0.15, 0.2) is 5.13 Å². The number of hydrogen-bond acceptors (Lipinski definition) is 8. The van der Waals surface area contributed by atoms with E-state index in [9.17, 15) is 5.11 Å². The molecular weight excluding hydrogens is 482 g/mol. The van der Waals surface area contributed by atoms with Crippen LogP contribution in [-0.4, -0.2) is 41.8 Å². The molecule has 1 fully saturated rings. The van der Waals surface area contributed by atoms with Crippen molar-refractivity contribution in [2.45, 2.75) is 51.3 Å². The first-order valence-electron chi connectivity index (χ1n) is 12.6. The second-order valence-electron chi connectivity index (χ2n) is 9.57. The van der Waals surface area contributed by atoms with Gasteiger partial charge in [0.05, 0.1) is 16.3 Å². The molecule has 37 heavy (non-hydrogen) atoms. The lowest BCUT2D eigenvalue weighted by Gasteiger charge is -2.27. The molecule has 5 aromatic rings. The van der Waals surface area contributed by atoms with Crippen LogP contribution in [0.2, 0.25) is 0 Å². The molecule has 1 aliphatic carbocycles. The second-order valence-corrected chi connectivity index (χ2v) is 10.6. The Labute approximate surface area is 219 Å². The summed E-state index contributed by atoms with van der Waals surface area (Å²) in [5, 5.41) is 17.7. The molecule has 0 atom stereocenters. The van der Waals surface area contributed by atoms with E-state index in [0.29, 0.717) is 12.6 Å². The second kappa shape index (κ2) is 10.3. The van der Waals surface area contributed by atoms with Crippen LogP contribution in [0.15, 0.2) is 67.3 Å². The largest absolute Gasteiger partial charge is 0.393 e. The smallest absolute Gasteiger partial charge is 0.189 e. The Kier molecular flexibility index (Phi) is 6.55. The van der Waals surface area contributed by atoms with Gasteiger partial charge in [0.2, 0.25) is 0 Å². The Balaban J connectivity index is 1.28. The summed E-state index contributed by atoms with van der Waals surface area (Å²) < 4.78 is 3.23. The molecule has 0 radical (unpaired) electrons. The molecule has 0 spiro atoms. The minimum Gasteiger partial charge on any atom is -0.393 e. The first-order valence-corrected chi connectivity index (χ1v) is 13.4. The van der Waals surface area contributed by atoms with Gasteiger partial charge in [-0.1, -0.05) is 23.5 Å². The van der Waals surface area contributed by atoms with Gasteiger partial charge in [0.1, 0.15) is 17.5 Å². The summed E-state index contributed by atoms with van der Waals surface area (Å²) in [5.74, 6) is 2.55. The van der Waals surface area contributed by atoms with Gasteiger partial charge in [-0.2, -0.15) is 0 Å². The minimum atomic E-state index is -0.184. The molecule has 9 heteroatoms. The lowest BCUT2D eigenvalue weighted by molar-refractivity contribution is 0.126. The van der Waals surface area contributed by atoms with Crippen molar-refractivity contribution in [1.82, 2.24) is 24.5 Å². The maximum absolute atomic E-state index is 9.89. The topological polar surface area (TPSA) is 101 Å². The summed E-state index contributed by atoms with van der Waals surface area (Å²) in [6.45, 7) is 2.71. The number of pyridine rings is 2. The van der Waals surface area contributed by atoms with Gasteiger partial charge < -0.3 is 20.3 Å². The Morgan fingerprint density at radius 1 is 1.00 bits per heavy atom. The first-order chi connectivity index (χ1) is 18.1. The van der Waals surface area contributed by atoms with E-state index in [1.807, 2.05) is 31.6 Å². The number of nitrogens with one attached hydrogen (secondary N) is 2. The molecule has 1 saturated carbocycles. The van der Waals surface area contributed by atoms with Gasteiger partial charge in [-0.3, -0.25) is 4.98 Å². The third-order valence-electron chi connectivity index (χ3n) is 6.83. The van der Waals surface area contributed by atoms with Gasteiger partial charge in [0.25, 0.3) is 0 Å². The van der Waals surface area contributed by atoms with Crippen LogP contribution < -0.4 is 10.6 Å². The van der Waals surface area contributed by atoms with Crippen LogP contribution in [0, 0.1) is 6.92 Å². The van der Waals surface area contributed by atoms with Crippen molar-refractivity contribution in [1.29, 1.82) is 0 Å². The number of aliphatic hydroxyl groups is 1. The number of fused-ring (bicyclic) bond motifs is 1. The molecule has 4 aromatic heterocycles. The molecule has 6 rings (SSSR count). The molecule has 3 N–H and O–H groups in total. The molecule has 188 valence electrons. The lowest BCUT2D eigenvalue weighted by atomic mass is 9.93. The van der Waals surface area contributed by atoms with Crippen LogP contribution >= 0.6 is 11.3 Å². The number of imidazole rings is 1. The van der Waals surface area contributed by atoms with Gasteiger partial charge in [-0.15, -0.1) is 0 Å². The predicted octanol–water partition coefficient (Wildman–Crippen LogP) is 5.77. The summed E-state index contributed by atoms with van der Waals surface area (Å²) in [6.07, 6.45) is 10.8. The number of nitrogens with zero attached hydrogens (tertiary/aromatic N) is 5. The SMILES string of the molecule is Cc1nccn1Cc1cc(Nc2nc3ccc(-c4cccnc4)cc3s2)nc(N[C@H]2CC[C@H](O)CC2)c1. The van der Waals surface area contributed by atoms with Crippen molar-refractivity contribution in [2.24, 2.45) is 0 Å². The Morgan fingerprint density at radius 3 is 2.65 bits per heavy atom. The van der Waals surface area contributed by atoms with E-state index in [1.54, 1.807) is 17.5 Å². The number of aryl methyl sites for hydroxylation is 1. The predicted molar refractivity (Wildman–Crippen MR) is 148 cm³/mol. The summed E-state index contributed by atoms with van der Waals surface area (Å²) in [4.78, 5) is 18.3. The van der Waals surface area contributed by atoms with E-state index >= 15 is 0 Å². The molecule has 1 aliphatic rings. The summed E-state index contributed by atoms with van der Waals surface area (Å²) >= 11 is 1.61. The fourth-order valence-corrected chi connectivity index (χ4v) is 5.73. The maximum atomic E-state index is 9.89. The zero-order valence-corrected chi connectivity index (χ0v) is 21.4. The average molecular weight is 512 g/mol. The van der Waals surface area contributed by atoms with Crippen molar-refractivity contribution >= 4 is 38.3 Å². The number of benzene rings is 1. The standard InChI is InChI=1S/C28H29N7OS/c1-18-30-11-12-35(18)17-19-13-26(31-22-5-7-23(36)8-6-22)33-27(14-19)34-28-32-24-9-4-20(15-25(24)37-28)21-3-2-10-29-16-21/h2-4,9-16,22-23,36H,5-8,17H2,1H3,(H2,31,32,33,34)/t22-,23-. The fraction of sp³-hybridized carbons (Fsp3) is 0.286. The summed E-state index contributed by atoms with van der Waals surface area (Å²) in [5.41, 5.74) is 4.28. The number of aromatic nitrogens is 5. The Bertz CT molecular complexity index is 1510. The third kappa shape index (κ3) is 5.47. The molecule has 0 amide bonds.